The fraction of sp³-hybridized carbons (Fsp3) is 0.583. The van der Waals surface area contributed by atoms with Gasteiger partial charge in [-0.1, -0.05) is 0 Å². The van der Waals surface area contributed by atoms with Gasteiger partial charge in [0, 0.05) is 0 Å². The number of esters is 1. The topological polar surface area (TPSA) is 148 Å². The molecule has 1 aromatic rings. The number of carboxylic acid groups (broad SMARTS) is 1. The molecule has 0 radical (unpaired) electrons. The van der Waals surface area contributed by atoms with Gasteiger partial charge >= 0.3 is 11.9 Å². The Kier molecular flexibility index (Phi) is 5.86. The van der Waals surface area contributed by atoms with Crippen LogP contribution in [0.1, 0.15) is 31.1 Å². The Morgan fingerprint density at radius 3 is 2.52 bits per heavy atom. The second kappa shape index (κ2) is 7.06. The summed E-state index contributed by atoms with van der Waals surface area (Å²) in [5.74, 6) is -2.34. The number of carbonyl (C=O) groups is 2. The summed E-state index contributed by atoms with van der Waals surface area (Å²) >= 11 is 0. The molecule has 0 saturated heterocycles. The zero-order valence-corrected chi connectivity index (χ0v) is 13.9. The van der Waals surface area contributed by atoms with Crippen molar-refractivity contribution in [2.45, 2.75) is 37.4 Å². The minimum Gasteiger partial charge on any atom is -0.480 e. The van der Waals surface area contributed by atoms with Gasteiger partial charge in [-0.25, -0.2) is 13.2 Å². The van der Waals surface area contributed by atoms with Gasteiger partial charge in [0.05, 0.1) is 25.5 Å². The standard InChI is InChI=1S/C12H19N3O7S/c1-12(2,3)22-6-8(10(16)17)15-23(19,20)9-7(5-13-14-9)11(18)21-4/h5,8,15H,6H2,1-4H3,(H,13,14)(H,16,17)/t8-/m0/s1. The quantitative estimate of drug-likeness (QED) is 0.570. The molecule has 0 aliphatic carbocycles. The van der Waals surface area contributed by atoms with E-state index in [1.165, 1.54) is 0 Å². The number of rotatable bonds is 7. The Morgan fingerprint density at radius 1 is 1.43 bits per heavy atom. The van der Waals surface area contributed by atoms with Crippen molar-refractivity contribution in [1.29, 1.82) is 0 Å². The molecule has 0 amide bonds. The SMILES string of the molecule is COC(=O)c1cn[nH]c1S(=O)(=O)N[C@@H](COC(C)(C)C)C(=O)O. The third kappa shape index (κ3) is 5.30. The van der Waals surface area contributed by atoms with Crippen molar-refractivity contribution >= 4 is 22.0 Å². The Bertz CT molecular complexity index is 675. The highest BCUT2D eigenvalue weighted by Crippen LogP contribution is 2.14. The van der Waals surface area contributed by atoms with E-state index in [1.54, 1.807) is 20.8 Å². The zero-order valence-electron chi connectivity index (χ0n) is 13.1. The van der Waals surface area contributed by atoms with Gasteiger partial charge in [0.1, 0.15) is 11.6 Å². The van der Waals surface area contributed by atoms with Gasteiger partial charge < -0.3 is 14.6 Å². The number of aromatic amines is 1. The summed E-state index contributed by atoms with van der Waals surface area (Å²) in [6.45, 7) is 4.71. The predicted molar refractivity (Wildman–Crippen MR) is 77.4 cm³/mol. The van der Waals surface area contributed by atoms with Crippen LogP contribution in [-0.2, 0) is 24.3 Å². The van der Waals surface area contributed by atoms with Crippen molar-refractivity contribution in [3.8, 4) is 0 Å². The van der Waals surface area contributed by atoms with Crippen LogP contribution in [-0.4, -0.2) is 61.0 Å². The van der Waals surface area contributed by atoms with Gasteiger partial charge in [-0.15, -0.1) is 0 Å². The van der Waals surface area contributed by atoms with E-state index in [-0.39, 0.29) is 12.2 Å². The van der Waals surface area contributed by atoms with E-state index in [4.69, 9.17) is 9.84 Å². The monoisotopic (exact) mass is 349 g/mol. The molecule has 1 heterocycles. The summed E-state index contributed by atoms with van der Waals surface area (Å²) < 4.78 is 36.2. The van der Waals surface area contributed by atoms with Crippen LogP contribution < -0.4 is 4.72 Å². The first-order chi connectivity index (χ1) is 10.5. The number of nitrogens with one attached hydrogen (secondary N) is 2. The molecule has 0 aromatic carbocycles. The van der Waals surface area contributed by atoms with E-state index in [2.05, 4.69) is 14.9 Å². The average molecular weight is 349 g/mol. The Morgan fingerprint density at radius 2 is 2.04 bits per heavy atom. The summed E-state index contributed by atoms with van der Waals surface area (Å²) in [4.78, 5) is 22.7. The van der Waals surface area contributed by atoms with Gasteiger partial charge in [-0.3, -0.25) is 9.89 Å². The van der Waals surface area contributed by atoms with Gasteiger partial charge in [-0.05, 0) is 20.8 Å². The number of aromatic nitrogens is 2. The number of ether oxygens (including phenoxy) is 2. The van der Waals surface area contributed by atoms with Crippen LogP contribution in [0.4, 0.5) is 0 Å². The van der Waals surface area contributed by atoms with Crippen molar-refractivity contribution in [3.05, 3.63) is 11.8 Å². The van der Waals surface area contributed by atoms with Crippen molar-refractivity contribution < 1.29 is 32.6 Å². The minimum atomic E-state index is -4.34. The molecule has 10 nitrogen and oxygen atoms in total. The number of carbonyl (C=O) groups excluding carboxylic acids is 1. The molecule has 0 unspecified atom stereocenters. The predicted octanol–water partition coefficient (Wildman–Crippen LogP) is -0.257. The summed E-state index contributed by atoms with van der Waals surface area (Å²) in [5.41, 5.74) is -0.981. The van der Waals surface area contributed by atoms with E-state index in [9.17, 15) is 18.0 Å². The first-order valence-electron chi connectivity index (χ1n) is 6.48. The Labute approximate surface area is 133 Å². The maximum absolute atomic E-state index is 12.3. The van der Waals surface area contributed by atoms with E-state index in [1.807, 2.05) is 4.72 Å². The van der Waals surface area contributed by atoms with Gasteiger partial charge in [0.2, 0.25) is 0 Å². The van der Waals surface area contributed by atoms with Crippen LogP contribution >= 0.6 is 0 Å². The lowest BCUT2D eigenvalue weighted by Gasteiger charge is -2.22. The highest BCUT2D eigenvalue weighted by Gasteiger charge is 2.31. The van der Waals surface area contributed by atoms with E-state index < -0.39 is 38.6 Å². The largest absolute Gasteiger partial charge is 0.480 e. The molecular formula is C12H19N3O7S. The lowest BCUT2D eigenvalue weighted by atomic mass is 10.2. The second-order valence-electron chi connectivity index (χ2n) is 5.54. The van der Waals surface area contributed by atoms with Crippen molar-refractivity contribution in [3.63, 3.8) is 0 Å². The number of aliphatic carboxylic acids is 1. The summed E-state index contributed by atoms with van der Waals surface area (Å²) in [5, 5.41) is 14.2. The lowest BCUT2D eigenvalue weighted by Crippen LogP contribution is -2.45. The average Bonchev–Trinajstić information content (AvgIpc) is 2.91. The molecule has 3 N–H and O–H groups in total. The normalized spacial score (nSPS) is 13.6. The highest BCUT2D eigenvalue weighted by atomic mass is 32.2. The van der Waals surface area contributed by atoms with Gasteiger partial charge in [0.15, 0.2) is 5.03 Å². The molecule has 0 saturated carbocycles. The zero-order chi connectivity index (χ0) is 17.8. The second-order valence-corrected chi connectivity index (χ2v) is 7.19. The summed E-state index contributed by atoms with van der Waals surface area (Å²) in [6.07, 6.45) is 0.974. The Balaban J connectivity index is 3.01. The van der Waals surface area contributed by atoms with Crippen LogP contribution in [0.25, 0.3) is 0 Å². The minimum absolute atomic E-state index is 0.333. The fourth-order valence-corrected chi connectivity index (χ4v) is 2.73. The van der Waals surface area contributed by atoms with Crippen LogP contribution in [0.3, 0.4) is 0 Å². The molecule has 0 bridgehead atoms. The maximum atomic E-state index is 12.3. The summed E-state index contributed by atoms with van der Waals surface area (Å²) in [6, 6.07) is -1.53. The number of nitrogens with zero attached hydrogens (tertiary/aromatic N) is 1. The molecule has 130 valence electrons. The summed E-state index contributed by atoms with van der Waals surface area (Å²) in [7, 11) is -3.26. The molecule has 0 aliphatic heterocycles. The van der Waals surface area contributed by atoms with E-state index >= 15 is 0 Å². The molecule has 0 aliphatic rings. The number of H-pyrrole nitrogens is 1. The first kappa shape index (κ1) is 19.1. The van der Waals surface area contributed by atoms with Crippen LogP contribution in [0, 0.1) is 0 Å². The number of sulfonamides is 1. The van der Waals surface area contributed by atoms with Crippen LogP contribution in [0.2, 0.25) is 0 Å². The molecule has 1 rings (SSSR count). The lowest BCUT2D eigenvalue weighted by molar-refractivity contribution is -0.142. The number of hydrogen-bond donors (Lipinski definition) is 3. The number of hydrogen-bond acceptors (Lipinski definition) is 7. The molecule has 0 spiro atoms. The third-order valence-corrected chi connectivity index (χ3v) is 4.00. The van der Waals surface area contributed by atoms with E-state index in [0.29, 0.717) is 0 Å². The van der Waals surface area contributed by atoms with E-state index in [0.717, 1.165) is 13.3 Å². The van der Waals surface area contributed by atoms with Crippen LogP contribution in [0.5, 0.6) is 0 Å². The van der Waals surface area contributed by atoms with Crippen LogP contribution in [0.15, 0.2) is 11.2 Å². The first-order valence-corrected chi connectivity index (χ1v) is 7.97. The highest BCUT2D eigenvalue weighted by molar-refractivity contribution is 7.89. The van der Waals surface area contributed by atoms with Crippen molar-refractivity contribution in [2.24, 2.45) is 0 Å². The molecule has 0 fully saturated rings. The molecule has 1 aromatic heterocycles. The molecule has 1 atom stereocenters. The molecular weight excluding hydrogens is 330 g/mol. The smallest absolute Gasteiger partial charge is 0.342 e. The number of methoxy groups -OCH3 is 1. The molecule has 11 heteroatoms. The Hall–Kier alpha value is -1.98. The third-order valence-electron chi connectivity index (χ3n) is 2.56. The molecule has 23 heavy (non-hydrogen) atoms. The van der Waals surface area contributed by atoms with Gasteiger partial charge in [-0.2, -0.15) is 9.82 Å². The maximum Gasteiger partial charge on any atom is 0.342 e. The fourth-order valence-electron chi connectivity index (χ4n) is 1.47. The van der Waals surface area contributed by atoms with Gasteiger partial charge in [0.25, 0.3) is 10.0 Å². The van der Waals surface area contributed by atoms with Crippen molar-refractivity contribution in [1.82, 2.24) is 14.9 Å². The number of carboxylic acids is 1. The van der Waals surface area contributed by atoms with Crippen molar-refractivity contribution in [2.75, 3.05) is 13.7 Å².